The summed E-state index contributed by atoms with van der Waals surface area (Å²) in [6, 6.07) is 2.12. The fourth-order valence-electron chi connectivity index (χ4n) is 13.4. The molecule has 582 valence electrons. The van der Waals surface area contributed by atoms with Crippen LogP contribution in [-0.4, -0.2) is 178 Å². The van der Waals surface area contributed by atoms with Crippen LogP contribution in [0.25, 0.3) is 68.2 Å². The number of H-pyrrole nitrogens is 1. The van der Waals surface area contributed by atoms with Gasteiger partial charge < -0.3 is 19.7 Å². The second-order valence-electron chi connectivity index (χ2n) is 29.8. The lowest BCUT2D eigenvalue weighted by Gasteiger charge is -2.16. The third-order valence-electron chi connectivity index (χ3n) is 18.9. The first-order valence-corrected chi connectivity index (χ1v) is 45.0. The summed E-state index contributed by atoms with van der Waals surface area (Å²) >= 11 is 0. The number of imidazole rings is 6. The van der Waals surface area contributed by atoms with Crippen LogP contribution in [0.5, 0.6) is 0 Å². The number of aliphatic hydroxyl groups is 2. The summed E-state index contributed by atoms with van der Waals surface area (Å²) in [6.45, 7) is 35.0. The molecule has 0 bridgehead atoms. The zero-order valence-corrected chi connectivity index (χ0v) is 66.6. The standard InChI is InChI=1S/C22H31N7O2Si.C19H27N7O2Si.C17H20N6O3.C17H18N6O/c1-6-9-26-15-17(14-24-26)19-25-20-18(29(19)16-31-12-13-32(3,4)5)21(30)28(10-7-2)22-23-8-11-27(20)22;1-5-7-25-18(27)15-17(24-8-6-20-19(24)25)23-16(14-11-21-22-12-14)26(15)13-28-9-10-29(2,3)4;1-2-4-23-16(26)13-6-14(20-15(13)22-5-3-18-17(22)23)11-7-19-21(8-11)9-12(25)10-24;1-3-6-21-11-12(10-19-21)14-9-13-15(20-14)22-8-5-18-17(22)23(7-4-2)16(13)24/h6,8,11,14-15H,1,7,9-10,12-13,16H2,2-5H3;6,8,11-12H,5,7,9-10,13H2,1-4H3,(H,21,22);3,5,7-8,12,24-25H,2,4,6,9-10H2,1H3;3,5,8,10-11H,1,4,6-7,9H2,2H3. The van der Waals surface area contributed by atoms with Gasteiger partial charge in [0.2, 0.25) is 23.1 Å². The maximum Gasteiger partial charge on any atom is 0.281 e. The Balaban J connectivity index is 0.000000130. The number of rotatable bonds is 29. The van der Waals surface area contributed by atoms with E-state index in [1.807, 2.05) is 84.7 Å². The number of allylic oxidation sites excluding steroid dienone is 2. The quantitative estimate of drug-likeness (QED) is 0.0224. The fraction of sp³-hybridized carbons (Fsp3) is 0.413. The summed E-state index contributed by atoms with van der Waals surface area (Å²) in [5, 5.41) is 38.3. The Bertz CT molecular complexity index is 6000. The van der Waals surface area contributed by atoms with Gasteiger partial charge in [0.1, 0.15) is 36.7 Å². The van der Waals surface area contributed by atoms with Crippen molar-refractivity contribution in [2.24, 2.45) is 9.98 Å². The fourth-order valence-corrected chi connectivity index (χ4v) is 15.0. The second kappa shape index (κ2) is 33.4. The Kier molecular flexibility index (Phi) is 23.4. The molecule has 14 aromatic rings. The number of nitrogens with zero attached hydrogens (tertiary/aromatic N) is 25. The average molecular weight is 1550 g/mol. The third kappa shape index (κ3) is 16.1. The van der Waals surface area contributed by atoms with Gasteiger partial charge in [0.05, 0.1) is 90.8 Å². The van der Waals surface area contributed by atoms with Crippen molar-refractivity contribution in [2.75, 3.05) is 19.8 Å². The first-order valence-electron chi connectivity index (χ1n) is 37.6. The van der Waals surface area contributed by atoms with Crippen molar-refractivity contribution < 1.29 is 19.7 Å². The number of fused-ring (bicyclic) bond motifs is 12. The molecule has 16 heterocycles. The monoisotopic (exact) mass is 1540 g/mol. The van der Waals surface area contributed by atoms with E-state index in [1.165, 1.54) is 0 Å². The average Bonchev–Trinajstić information content (AvgIpc) is 1.61. The van der Waals surface area contributed by atoms with Crippen molar-refractivity contribution >= 4 is 84.6 Å². The number of aromatic nitrogens is 24. The highest BCUT2D eigenvalue weighted by molar-refractivity contribution is 6.76. The van der Waals surface area contributed by atoms with Crippen molar-refractivity contribution in [3.05, 3.63) is 188 Å². The van der Waals surface area contributed by atoms with Crippen LogP contribution < -0.4 is 22.2 Å². The molecule has 0 amide bonds. The van der Waals surface area contributed by atoms with Crippen molar-refractivity contribution in [3.63, 3.8) is 0 Å². The molecule has 2 aliphatic heterocycles. The van der Waals surface area contributed by atoms with Gasteiger partial charge in [-0.15, -0.1) is 13.2 Å². The number of nitrogens with one attached hydrogen (secondary N) is 1. The SMILES string of the molecule is C=CCn1cc(-c2nc3c(c(=O)n(CCC)c4nccn34)n2COCC[Si](C)(C)C)cn1.C=CCn1cc(C2=Nc3c(c(=O)n(CCC)c4nccn34)C2)cn1.CCCn1c(=O)c2c(n3ccnc13)N=C(c1cnn(CC(O)CO)c1)C2.CCCn1c(=O)c2c(nc(-c3cn[nH]c3)n2COCC[Si](C)(C)C)n2ccnc12. The van der Waals surface area contributed by atoms with E-state index in [0.717, 1.165) is 77.0 Å². The van der Waals surface area contributed by atoms with Crippen molar-refractivity contribution in [2.45, 2.75) is 183 Å². The van der Waals surface area contributed by atoms with Crippen LogP contribution in [0.3, 0.4) is 0 Å². The van der Waals surface area contributed by atoms with E-state index in [0.29, 0.717) is 140 Å². The van der Waals surface area contributed by atoms with Crippen LogP contribution in [0, 0.1) is 0 Å². The van der Waals surface area contributed by atoms with Gasteiger partial charge in [-0.1, -0.05) is 79.1 Å². The first-order chi connectivity index (χ1) is 53.6. The van der Waals surface area contributed by atoms with Gasteiger partial charge in [-0.05, 0) is 37.8 Å². The zero-order valence-electron chi connectivity index (χ0n) is 64.6. The maximum absolute atomic E-state index is 13.6. The molecule has 36 heteroatoms. The molecule has 16 rings (SSSR count). The zero-order chi connectivity index (χ0) is 78.4. The third-order valence-corrected chi connectivity index (χ3v) is 22.3. The minimum absolute atomic E-state index is 0.00258. The molecule has 1 atom stereocenters. The Morgan fingerprint density at radius 3 is 1.31 bits per heavy atom. The predicted molar refractivity (Wildman–Crippen MR) is 430 cm³/mol. The largest absolute Gasteiger partial charge is 0.394 e. The Hall–Kier alpha value is -11.4. The molecule has 0 saturated carbocycles. The molecular formula is C75H96N26O8Si2. The molecule has 0 aliphatic carbocycles. The normalized spacial score (nSPS) is 13.1. The van der Waals surface area contributed by atoms with Crippen LogP contribution in [-0.2, 0) is 81.6 Å². The highest BCUT2D eigenvalue weighted by Gasteiger charge is 2.30. The van der Waals surface area contributed by atoms with E-state index in [-0.39, 0.29) is 48.9 Å². The highest BCUT2D eigenvalue weighted by atomic mass is 28.3. The lowest BCUT2D eigenvalue weighted by atomic mass is 10.1. The van der Waals surface area contributed by atoms with Gasteiger partial charge in [0.25, 0.3) is 22.2 Å². The van der Waals surface area contributed by atoms with Gasteiger partial charge in [-0.3, -0.25) is 83.3 Å². The number of aryl methyl sites for hydroxylation is 4. The van der Waals surface area contributed by atoms with Crippen LogP contribution >= 0.6 is 0 Å². The second-order valence-corrected chi connectivity index (χ2v) is 41.1. The molecule has 2 aliphatic rings. The Labute approximate surface area is 639 Å². The molecule has 34 nitrogen and oxygen atoms in total. The summed E-state index contributed by atoms with van der Waals surface area (Å²) in [7, 11) is -2.43. The van der Waals surface area contributed by atoms with Crippen LogP contribution in [0.1, 0.15) is 75.6 Å². The molecule has 111 heavy (non-hydrogen) atoms. The smallest absolute Gasteiger partial charge is 0.281 e. The molecule has 0 fully saturated rings. The molecular weight excluding hydrogens is 1450 g/mol. The number of hydrogen-bond donors (Lipinski definition) is 3. The van der Waals surface area contributed by atoms with Crippen LogP contribution in [0.15, 0.2) is 154 Å². The number of aliphatic hydroxyl groups excluding tert-OH is 2. The summed E-state index contributed by atoms with van der Waals surface area (Å²) in [6.07, 6.45) is 35.5. The van der Waals surface area contributed by atoms with E-state index in [4.69, 9.17) is 29.5 Å². The van der Waals surface area contributed by atoms with Crippen LogP contribution in [0.2, 0.25) is 51.4 Å². The van der Waals surface area contributed by atoms with E-state index in [2.05, 4.69) is 110 Å². The summed E-state index contributed by atoms with van der Waals surface area (Å²) in [5.41, 5.74) is 8.30. The van der Waals surface area contributed by atoms with Gasteiger partial charge in [0, 0.05) is 154 Å². The Morgan fingerprint density at radius 2 is 0.901 bits per heavy atom. The lowest BCUT2D eigenvalue weighted by molar-refractivity contribution is 0.0782. The van der Waals surface area contributed by atoms with E-state index < -0.39 is 22.3 Å². The van der Waals surface area contributed by atoms with E-state index >= 15 is 0 Å². The van der Waals surface area contributed by atoms with Gasteiger partial charge in [0.15, 0.2) is 22.3 Å². The van der Waals surface area contributed by atoms with Crippen LogP contribution in [0.4, 0.5) is 11.6 Å². The predicted octanol–water partition coefficient (Wildman–Crippen LogP) is 8.67. The Morgan fingerprint density at radius 1 is 0.514 bits per heavy atom. The van der Waals surface area contributed by atoms with Gasteiger partial charge in [-0.25, -0.2) is 39.9 Å². The summed E-state index contributed by atoms with van der Waals surface area (Å²) < 4.78 is 35.3. The maximum atomic E-state index is 13.6. The molecule has 0 aromatic carbocycles. The number of aliphatic imine (C=N–C) groups is 2. The topological polar surface area (TPSA) is 359 Å². The molecule has 3 N–H and O–H groups in total. The highest BCUT2D eigenvalue weighted by Crippen LogP contribution is 2.31. The van der Waals surface area contributed by atoms with E-state index in [9.17, 15) is 24.3 Å². The summed E-state index contributed by atoms with van der Waals surface area (Å²) in [4.78, 5) is 89.2. The first kappa shape index (κ1) is 77.7. The summed E-state index contributed by atoms with van der Waals surface area (Å²) in [5.74, 6) is 5.07. The van der Waals surface area contributed by atoms with Gasteiger partial charge in [-0.2, -0.15) is 20.4 Å². The van der Waals surface area contributed by atoms with E-state index in [1.54, 1.807) is 106 Å². The lowest BCUT2D eigenvalue weighted by Crippen LogP contribution is -2.26. The van der Waals surface area contributed by atoms with Crippen molar-refractivity contribution in [3.8, 4) is 22.8 Å². The molecule has 0 saturated heterocycles. The van der Waals surface area contributed by atoms with Crippen molar-refractivity contribution in [1.29, 1.82) is 0 Å². The molecule has 0 spiro atoms. The number of aromatic amines is 1. The number of ether oxygens (including phenoxy) is 2. The minimum Gasteiger partial charge on any atom is -0.394 e. The molecule has 1 unspecified atom stereocenters. The number of hydrogen-bond acceptors (Lipinski definition) is 20. The minimum atomic E-state index is -1.22. The van der Waals surface area contributed by atoms with Crippen molar-refractivity contribution in [1.82, 2.24) is 114 Å². The molecule has 0 radical (unpaired) electrons. The molecule has 14 aromatic heterocycles. The van der Waals surface area contributed by atoms with Gasteiger partial charge >= 0.3 is 0 Å².